The normalized spacial score (nSPS) is 21.2. The van der Waals surface area contributed by atoms with Gasteiger partial charge in [0.15, 0.2) is 11.6 Å². The highest BCUT2D eigenvalue weighted by molar-refractivity contribution is 5.98. The van der Waals surface area contributed by atoms with Crippen molar-refractivity contribution in [2.75, 3.05) is 6.61 Å². The maximum absolute atomic E-state index is 13.5. The molecule has 0 aromatic heterocycles. The molecule has 1 aliphatic heterocycles. The van der Waals surface area contributed by atoms with Gasteiger partial charge in [0.05, 0.1) is 19.8 Å². The van der Waals surface area contributed by atoms with Crippen LogP contribution in [0.15, 0.2) is 91.0 Å². The van der Waals surface area contributed by atoms with E-state index in [1.165, 1.54) is 0 Å². The van der Waals surface area contributed by atoms with Crippen LogP contribution in [0.1, 0.15) is 50.0 Å². The van der Waals surface area contributed by atoms with E-state index in [1.807, 2.05) is 91.0 Å². The van der Waals surface area contributed by atoms with E-state index in [0.29, 0.717) is 6.61 Å². The minimum absolute atomic E-state index is 0.187. The highest BCUT2D eigenvalue weighted by Crippen LogP contribution is 2.38. The van der Waals surface area contributed by atoms with Gasteiger partial charge in [-0.3, -0.25) is 9.59 Å². The molecule has 1 heterocycles. The van der Waals surface area contributed by atoms with E-state index in [2.05, 4.69) is 0 Å². The van der Waals surface area contributed by atoms with Gasteiger partial charge in [-0.25, -0.2) is 0 Å². The average Bonchev–Trinajstić information content (AvgIpc) is 2.94. The van der Waals surface area contributed by atoms with Crippen molar-refractivity contribution >= 4 is 11.8 Å². The number of Topliss-reactive ketones (excluding diaryl/α,β-unsaturated/α-hetero) is 1. The predicted molar refractivity (Wildman–Crippen MR) is 146 cm³/mol. The lowest BCUT2D eigenvalue weighted by molar-refractivity contribution is -0.348. The maximum atomic E-state index is 13.5. The van der Waals surface area contributed by atoms with Crippen LogP contribution in [0, 0.1) is 0 Å². The SMILES string of the molecule is CCOC(=O)CC(=O)[C@@H]1OC(C)(C)O[C@H]([C@H](OCc2ccccc2)c2ccccc2)[C@@H]1OCc1ccccc1. The van der Waals surface area contributed by atoms with Crippen molar-refractivity contribution in [1.29, 1.82) is 0 Å². The number of hydrogen-bond donors (Lipinski definition) is 0. The quantitative estimate of drug-likeness (QED) is 0.223. The van der Waals surface area contributed by atoms with Crippen LogP contribution in [0.2, 0.25) is 0 Å². The Kier molecular flexibility index (Phi) is 10.0. The van der Waals surface area contributed by atoms with Crippen LogP contribution in [0.25, 0.3) is 0 Å². The number of benzene rings is 3. The summed E-state index contributed by atoms with van der Waals surface area (Å²) in [5, 5.41) is 0. The number of hydrogen-bond acceptors (Lipinski definition) is 7. The number of ketones is 1. The molecule has 1 fully saturated rings. The first-order chi connectivity index (χ1) is 18.9. The first-order valence-corrected chi connectivity index (χ1v) is 13.3. The average molecular weight is 533 g/mol. The van der Waals surface area contributed by atoms with Crippen LogP contribution < -0.4 is 0 Å². The Morgan fingerprint density at radius 1 is 0.821 bits per heavy atom. The second kappa shape index (κ2) is 13.6. The van der Waals surface area contributed by atoms with Crippen LogP contribution >= 0.6 is 0 Å². The summed E-state index contributed by atoms with van der Waals surface area (Å²) in [5.41, 5.74) is 2.81. The van der Waals surface area contributed by atoms with E-state index in [1.54, 1.807) is 20.8 Å². The third-order valence-corrected chi connectivity index (χ3v) is 6.38. The molecule has 0 saturated carbocycles. The fraction of sp³-hybridized carbons (Fsp3) is 0.375. The predicted octanol–water partition coefficient (Wildman–Crippen LogP) is 5.57. The van der Waals surface area contributed by atoms with Crippen molar-refractivity contribution < 1.29 is 33.3 Å². The molecule has 3 aromatic rings. The zero-order chi connectivity index (χ0) is 27.7. The van der Waals surface area contributed by atoms with E-state index in [4.69, 9.17) is 23.7 Å². The number of carbonyl (C=O) groups excluding carboxylic acids is 2. The summed E-state index contributed by atoms with van der Waals surface area (Å²) in [4.78, 5) is 25.7. The molecule has 0 N–H and O–H groups in total. The van der Waals surface area contributed by atoms with Crippen molar-refractivity contribution in [3.05, 3.63) is 108 Å². The lowest BCUT2D eigenvalue weighted by Crippen LogP contribution is -2.60. The molecule has 7 heteroatoms. The van der Waals surface area contributed by atoms with Gasteiger partial charge >= 0.3 is 5.97 Å². The van der Waals surface area contributed by atoms with Crippen molar-refractivity contribution in [1.82, 2.24) is 0 Å². The lowest BCUT2D eigenvalue weighted by Gasteiger charge is -2.47. The summed E-state index contributed by atoms with van der Waals surface area (Å²) in [5.74, 6) is -2.17. The number of ether oxygens (including phenoxy) is 5. The van der Waals surface area contributed by atoms with Gasteiger partial charge in [0.2, 0.25) is 0 Å². The molecule has 1 saturated heterocycles. The fourth-order valence-corrected chi connectivity index (χ4v) is 4.64. The van der Waals surface area contributed by atoms with E-state index in [9.17, 15) is 9.59 Å². The Hall–Kier alpha value is -3.36. The Morgan fingerprint density at radius 3 is 1.97 bits per heavy atom. The second-order valence-electron chi connectivity index (χ2n) is 9.86. The monoisotopic (exact) mass is 532 g/mol. The summed E-state index contributed by atoms with van der Waals surface area (Å²) >= 11 is 0. The van der Waals surface area contributed by atoms with Gasteiger partial charge in [-0.1, -0.05) is 91.0 Å². The van der Waals surface area contributed by atoms with Crippen molar-refractivity contribution in [2.24, 2.45) is 0 Å². The highest BCUT2D eigenvalue weighted by atomic mass is 16.7. The molecule has 0 spiro atoms. The largest absolute Gasteiger partial charge is 0.466 e. The summed E-state index contributed by atoms with van der Waals surface area (Å²) in [6, 6.07) is 29.2. The smallest absolute Gasteiger partial charge is 0.313 e. The zero-order valence-corrected chi connectivity index (χ0v) is 22.7. The molecule has 1 aliphatic rings. The highest BCUT2D eigenvalue weighted by Gasteiger charge is 2.51. The Labute approximate surface area is 230 Å². The molecule has 7 nitrogen and oxygen atoms in total. The van der Waals surface area contributed by atoms with E-state index in [0.717, 1.165) is 16.7 Å². The third kappa shape index (κ3) is 8.07. The minimum atomic E-state index is -1.14. The first kappa shape index (κ1) is 28.6. The van der Waals surface area contributed by atoms with Crippen LogP contribution in [0.4, 0.5) is 0 Å². The van der Waals surface area contributed by atoms with Crippen molar-refractivity contribution in [3.8, 4) is 0 Å². The minimum Gasteiger partial charge on any atom is -0.466 e. The number of esters is 1. The maximum Gasteiger partial charge on any atom is 0.313 e. The number of carbonyl (C=O) groups is 2. The van der Waals surface area contributed by atoms with Gasteiger partial charge in [-0.2, -0.15) is 0 Å². The third-order valence-electron chi connectivity index (χ3n) is 6.38. The summed E-state index contributed by atoms with van der Waals surface area (Å²) in [6.45, 7) is 5.93. The topological polar surface area (TPSA) is 80.3 Å². The first-order valence-electron chi connectivity index (χ1n) is 13.3. The van der Waals surface area contributed by atoms with Crippen molar-refractivity contribution in [2.45, 2.75) is 70.6 Å². The Morgan fingerprint density at radius 2 is 1.38 bits per heavy atom. The van der Waals surface area contributed by atoms with Gasteiger partial charge in [0, 0.05) is 0 Å². The van der Waals surface area contributed by atoms with E-state index >= 15 is 0 Å². The molecule has 39 heavy (non-hydrogen) atoms. The molecule has 0 unspecified atom stereocenters. The van der Waals surface area contributed by atoms with Crippen molar-refractivity contribution in [3.63, 3.8) is 0 Å². The van der Waals surface area contributed by atoms with Crippen LogP contribution in [0.3, 0.4) is 0 Å². The molecule has 0 aliphatic carbocycles. The summed E-state index contributed by atoms with van der Waals surface area (Å²) in [6.07, 6.45) is -3.67. The second-order valence-corrected chi connectivity index (χ2v) is 9.86. The molecule has 4 atom stereocenters. The number of rotatable bonds is 12. The van der Waals surface area contributed by atoms with Gasteiger partial charge < -0.3 is 23.7 Å². The van der Waals surface area contributed by atoms with Crippen LogP contribution in [0.5, 0.6) is 0 Å². The molecule has 206 valence electrons. The lowest BCUT2D eigenvalue weighted by atomic mass is 9.92. The van der Waals surface area contributed by atoms with Crippen LogP contribution in [-0.4, -0.2) is 42.5 Å². The summed E-state index contributed by atoms with van der Waals surface area (Å²) in [7, 11) is 0. The van der Waals surface area contributed by atoms with E-state index < -0.39 is 48.4 Å². The summed E-state index contributed by atoms with van der Waals surface area (Å²) < 4.78 is 30.6. The van der Waals surface area contributed by atoms with Gasteiger partial charge in [-0.15, -0.1) is 0 Å². The van der Waals surface area contributed by atoms with Gasteiger partial charge in [-0.05, 0) is 37.5 Å². The molecular weight excluding hydrogens is 496 g/mol. The Balaban J connectivity index is 1.69. The zero-order valence-electron chi connectivity index (χ0n) is 22.7. The molecule has 0 amide bonds. The van der Waals surface area contributed by atoms with E-state index in [-0.39, 0.29) is 13.2 Å². The molecule has 3 aromatic carbocycles. The van der Waals surface area contributed by atoms with Crippen LogP contribution in [-0.2, 0) is 46.5 Å². The standard InChI is InChI=1S/C32H36O7/c1-4-35-27(34)20-26(33)29-30(37-22-24-16-10-6-11-17-24)31(39-32(2,3)38-29)28(25-18-12-7-13-19-25)36-21-23-14-8-5-9-15-23/h5-19,28-31H,4,20-22H2,1-3H3/t28-,29+,30-,31-/m1/s1. The molecular formula is C32H36O7. The molecule has 4 rings (SSSR count). The van der Waals surface area contributed by atoms with Gasteiger partial charge in [0.25, 0.3) is 0 Å². The molecule has 0 radical (unpaired) electrons. The molecule has 0 bridgehead atoms. The Bertz CT molecular complexity index is 1180. The van der Waals surface area contributed by atoms with Gasteiger partial charge in [0.1, 0.15) is 30.8 Å². The fourth-order valence-electron chi connectivity index (χ4n) is 4.64.